The van der Waals surface area contributed by atoms with E-state index in [0.717, 1.165) is 25.8 Å². The lowest BCUT2D eigenvalue weighted by Gasteiger charge is -2.29. The molecule has 0 bridgehead atoms. The average Bonchev–Trinajstić information content (AvgIpc) is 2.80. The monoisotopic (exact) mass is 284 g/mol. The van der Waals surface area contributed by atoms with Crippen molar-refractivity contribution in [1.29, 1.82) is 0 Å². The third-order valence-electron chi connectivity index (χ3n) is 3.94. The smallest absolute Gasteiger partial charge is 0.317 e. The van der Waals surface area contributed by atoms with Crippen molar-refractivity contribution in [2.45, 2.75) is 53.0 Å². The van der Waals surface area contributed by atoms with E-state index in [4.69, 9.17) is 5.11 Å². The number of nitrogens with one attached hydrogen (secondary N) is 1. The normalized spacial score (nSPS) is 22.3. The zero-order chi connectivity index (χ0) is 15.3. The fourth-order valence-electron chi connectivity index (χ4n) is 2.85. The van der Waals surface area contributed by atoms with Crippen LogP contribution in [-0.2, 0) is 4.79 Å². The van der Waals surface area contributed by atoms with E-state index in [-0.39, 0.29) is 23.9 Å². The first-order valence-corrected chi connectivity index (χ1v) is 7.60. The van der Waals surface area contributed by atoms with Gasteiger partial charge in [0.15, 0.2) is 0 Å². The highest BCUT2D eigenvalue weighted by atomic mass is 16.4. The number of carbonyl (C=O) groups is 2. The van der Waals surface area contributed by atoms with Gasteiger partial charge in [-0.1, -0.05) is 20.3 Å². The van der Waals surface area contributed by atoms with Gasteiger partial charge in [-0.15, -0.1) is 0 Å². The Morgan fingerprint density at radius 1 is 1.25 bits per heavy atom. The van der Waals surface area contributed by atoms with Crippen LogP contribution in [0.15, 0.2) is 0 Å². The van der Waals surface area contributed by atoms with Crippen molar-refractivity contribution in [1.82, 2.24) is 10.2 Å². The van der Waals surface area contributed by atoms with Gasteiger partial charge in [-0.25, -0.2) is 4.79 Å². The SMILES string of the molecule is CC(C)CN(C(=O)NCC1CCCC1C(=O)O)C(C)C. The fourth-order valence-corrected chi connectivity index (χ4v) is 2.85. The molecule has 2 N–H and O–H groups in total. The van der Waals surface area contributed by atoms with Crippen LogP contribution in [0.3, 0.4) is 0 Å². The van der Waals surface area contributed by atoms with Crippen molar-refractivity contribution < 1.29 is 14.7 Å². The van der Waals surface area contributed by atoms with Gasteiger partial charge < -0.3 is 15.3 Å². The van der Waals surface area contributed by atoms with Gasteiger partial charge >= 0.3 is 12.0 Å². The minimum Gasteiger partial charge on any atom is -0.481 e. The van der Waals surface area contributed by atoms with Crippen molar-refractivity contribution >= 4 is 12.0 Å². The number of aliphatic carboxylic acids is 1. The van der Waals surface area contributed by atoms with E-state index in [1.54, 1.807) is 0 Å². The molecule has 0 spiro atoms. The number of urea groups is 1. The highest BCUT2D eigenvalue weighted by Crippen LogP contribution is 2.31. The maximum absolute atomic E-state index is 12.2. The molecule has 0 saturated heterocycles. The number of nitrogens with zero attached hydrogens (tertiary/aromatic N) is 1. The van der Waals surface area contributed by atoms with Crippen LogP contribution in [0.25, 0.3) is 0 Å². The van der Waals surface area contributed by atoms with Gasteiger partial charge in [0.2, 0.25) is 0 Å². The fraction of sp³-hybridized carbons (Fsp3) is 0.867. The number of rotatable bonds is 6. The third-order valence-corrected chi connectivity index (χ3v) is 3.94. The van der Waals surface area contributed by atoms with Crippen molar-refractivity contribution in [2.75, 3.05) is 13.1 Å². The van der Waals surface area contributed by atoms with Crippen LogP contribution in [0.4, 0.5) is 4.79 Å². The predicted octanol–water partition coefficient (Wildman–Crippen LogP) is 2.56. The summed E-state index contributed by atoms with van der Waals surface area (Å²) in [5.41, 5.74) is 0. The zero-order valence-electron chi connectivity index (χ0n) is 13.1. The van der Waals surface area contributed by atoms with E-state index in [1.807, 2.05) is 18.7 Å². The second-order valence-corrected chi connectivity index (χ2v) is 6.46. The minimum absolute atomic E-state index is 0.0736. The number of carbonyl (C=O) groups excluding carboxylic acids is 1. The Hall–Kier alpha value is -1.26. The van der Waals surface area contributed by atoms with Gasteiger partial charge in [0.25, 0.3) is 0 Å². The topological polar surface area (TPSA) is 69.6 Å². The average molecular weight is 284 g/mol. The van der Waals surface area contributed by atoms with Gasteiger partial charge in [0.1, 0.15) is 0 Å². The molecule has 5 heteroatoms. The Morgan fingerprint density at radius 3 is 2.40 bits per heavy atom. The van der Waals surface area contributed by atoms with Crippen molar-refractivity contribution in [2.24, 2.45) is 17.8 Å². The molecule has 5 nitrogen and oxygen atoms in total. The highest BCUT2D eigenvalue weighted by molar-refractivity contribution is 5.75. The molecule has 116 valence electrons. The second-order valence-electron chi connectivity index (χ2n) is 6.46. The molecule has 2 amide bonds. The molecule has 2 unspecified atom stereocenters. The largest absolute Gasteiger partial charge is 0.481 e. The van der Waals surface area contributed by atoms with E-state index in [1.165, 1.54) is 0 Å². The molecule has 1 aliphatic rings. The molecule has 1 saturated carbocycles. The summed E-state index contributed by atoms with van der Waals surface area (Å²) in [5.74, 6) is -0.538. The molecule has 0 heterocycles. The van der Waals surface area contributed by atoms with Crippen LogP contribution in [0.2, 0.25) is 0 Å². The molecule has 1 fully saturated rings. The lowest BCUT2D eigenvalue weighted by Crippen LogP contribution is -2.47. The van der Waals surface area contributed by atoms with Crippen molar-refractivity contribution in [3.05, 3.63) is 0 Å². The summed E-state index contributed by atoms with van der Waals surface area (Å²) in [4.78, 5) is 25.2. The quantitative estimate of drug-likeness (QED) is 0.787. The molecule has 1 aliphatic carbocycles. The molecule has 0 aromatic heterocycles. The first kappa shape index (κ1) is 16.8. The summed E-state index contributed by atoms with van der Waals surface area (Å²) in [6.45, 7) is 9.35. The summed E-state index contributed by atoms with van der Waals surface area (Å²) < 4.78 is 0. The van der Waals surface area contributed by atoms with Gasteiger partial charge in [0, 0.05) is 19.1 Å². The summed E-state index contributed by atoms with van der Waals surface area (Å²) in [5, 5.41) is 12.1. The van der Waals surface area contributed by atoms with Crippen LogP contribution in [0.1, 0.15) is 47.0 Å². The number of hydrogen-bond acceptors (Lipinski definition) is 2. The van der Waals surface area contributed by atoms with Gasteiger partial charge in [0.05, 0.1) is 5.92 Å². The summed E-state index contributed by atoms with van der Waals surface area (Å²) >= 11 is 0. The predicted molar refractivity (Wildman–Crippen MR) is 78.5 cm³/mol. The summed E-state index contributed by atoms with van der Waals surface area (Å²) in [7, 11) is 0. The van der Waals surface area contributed by atoms with Crippen LogP contribution in [-0.4, -0.2) is 41.1 Å². The maximum atomic E-state index is 12.2. The Labute approximate surface area is 121 Å². The standard InChI is InChI=1S/C15H28N2O3/c1-10(2)9-17(11(3)4)15(20)16-8-12-6-5-7-13(12)14(18)19/h10-13H,5-9H2,1-4H3,(H,16,20)(H,18,19). The lowest BCUT2D eigenvalue weighted by atomic mass is 9.96. The van der Waals surface area contributed by atoms with Crippen LogP contribution < -0.4 is 5.32 Å². The molecule has 0 aromatic carbocycles. The molecule has 0 aromatic rings. The Kier molecular flexibility index (Phi) is 6.30. The number of amides is 2. The summed E-state index contributed by atoms with van der Waals surface area (Å²) in [6.07, 6.45) is 2.57. The first-order valence-electron chi connectivity index (χ1n) is 7.60. The van der Waals surface area contributed by atoms with Crippen molar-refractivity contribution in [3.8, 4) is 0 Å². The number of carboxylic acids is 1. The van der Waals surface area contributed by atoms with Gasteiger partial charge in [-0.05, 0) is 38.5 Å². The van der Waals surface area contributed by atoms with Gasteiger partial charge in [-0.3, -0.25) is 4.79 Å². The number of hydrogen-bond donors (Lipinski definition) is 2. The molecular weight excluding hydrogens is 256 g/mol. The Morgan fingerprint density at radius 2 is 1.90 bits per heavy atom. The van der Waals surface area contributed by atoms with Gasteiger partial charge in [-0.2, -0.15) is 0 Å². The van der Waals surface area contributed by atoms with E-state index < -0.39 is 5.97 Å². The van der Waals surface area contributed by atoms with Crippen LogP contribution in [0, 0.1) is 17.8 Å². The van der Waals surface area contributed by atoms with Crippen LogP contribution >= 0.6 is 0 Å². The zero-order valence-corrected chi connectivity index (χ0v) is 13.1. The van der Waals surface area contributed by atoms with E-state index in [0.29, 0.717) is 12.5 Å². The highest BCUT2D eigenvalue weighted by Gasteiger charge is 2.33. The molecular formula is C15H28N2O3. The van der Waals surface area contributed by atoms with E-state index in [2.05, 4.69) is 19.2 Å². The third kappa shape index (κ3) is 4.69. The molecule has 0 aliphatic heterocycles. The molecule has 0 radical (unpaired) electrons. The maximum Gasteiger partial charge on any atom is 0.317 e. The van der Waals surface area contributed by atoms with E-state index in [9.17, 15) is 9.59 Å². The summed E-state index contributed by atoms with van der Waals surface area (Å²) in [6, 6.07) is 0.0704. The van der Waals surface area contributed by atoms with Crippen molar-refractivity contribution in [3.63, 3.8) is 0 Å². The van der Waals surface area contributed by atoms with Crippen LogP contribution in [0.5, 0.6) is 0 Å². The second kappa shape index (κ2) is 7.50. The molecule has 2 atom stereocenters. The first-order chi connectivity index (χ1) is 9.32. The molecule has 1 rings (SSSR count). The Bertz CT molecular complexity index is 342. The number of carboxylic acid groups (broad SMARTS) is 1. The minimum atomic E-state index is -0.732. The Balaban J connectivity index is 2.50. The molecule has 20 heavy (non-hydrogen) atoms. The van der Waals surface area contributed by atoms with E-state index >= 15 is 0 Å². The lowest BCUT2D eigenvalue weighted by molar-refractivity contribution is -0.142.